The maximum Gasteiger partial charge on any atom is 0.208 e. The Labute approximate surface area is 150 Å². The van der Waals surface area contributed by atoms with Crippen LogP contribution in [-0.2, 0) is 13.5 Å². The minimum Gasteiger partial charge on any atom is -0.347 e. The van der Waals surface area contributed by atoms with Gasteiger partial charge >= 0.3 is 0 Å². The van der Waals surface area contributed by atoms with Crippen LogP contribution in [0.15, 0.2) is 36.5 Å². The Hall–Kier alpha value is -2.28. The molecule has 0 amide bonds. The molecule has 0 N–H and O–H groups in total. The number of rotatable bonds is 4. The summed E-state index contributed by atoms with van der Waals surface area (Å²) in [6, 6.07) is 8.69. The fourth-order valence-electron chi connectivity index (χ4n) is 3.37. The average Bonchev–Trinajstić information content (AvgIpc) is 3.26. The monoisotopic (exact) mass is 357 g/mol. The van der Waals surface area contributed by atoms with E-state index >= 15 is 0 Å². The van der Waals surface area contributed by atoms with E-state index in [0.29, 0.717) is 12.3 Å². The molecule has 3 heterocycles. The molecule has 1 fully saturated rings. The van der Waals surface area contributed by atoms with E-state index in [-0.39, 0.29) is 5.82 Å². The van der Waals surface area contributed by atoms with Crippen LogP contribution in [-0.4, -0.2) is 33.1 Å². The molecule has 0 unspecified atom stereocenters. The van der Waals surface area contributed by atoms with Crippen LogP contribution in [0.3, 0.4) is 0 Å². The second-order valence-electron chi connectivity index (χ2n) is 6.42. The summed E-state index contributed by atoms with van der Waals surface area (Å²) < 4.78 is 15.0. The lowest BCUT2D eigenvalue weighted by Crippen LogP contribution is -2.33. The Balaban J connectivity index is 1.38. The normalized spacial score (nSPS) is 15.7. The Morgan fingerprint density at radius 3 is 2.56 bits per heavy atom. The van der Waals surface area contributed by atoms with E-state index in [0.717, 1.165) is 41.6 Å². The first-order valence-electron chi connectivity index (χ1n) is 8.49. The first-order valence-corrected chi connectivity index (χ1v) is 9.30. The first kappa shape index (κ1) is 16.2. The molecule has 2 aromatic heterocycles. The third-order valence-electron chi connectivity index (χ3n) is 4.77. The Kier molecular flexibility index (Phi) is 4.48. The second-order valence-corrected chi connectivity index (χ2v) is 7.46. The van der Waals surface area contributed by atoms with Gasteiger partial charge in [0, 0.05) is 44.4 Å². The van der Waals surface area contributed by atoms with Gasteiger partial charge in [-0.2, -0.15) is 5.10 Å². The van der Waals surface area contributed by atoms with Gasteiger partial charge in [0.15, 0.2) is 0 Å². The minimum atomic E-state index is -0.210. The molecular formula is C18H20FN5S. The van der Waals surface area contributed by atoms with Gasteiger partial charge in [-0.25, -0.2) is 4.39 Å². The summed E-state index contributed by atoms with van der Waals surface area (Å²) in [5.74, 6) is 0.355. The highest BCUT2D eigenvalue weighted by Gasteiger charge is 2.24. The number of aryl methyl sites for hydroxylation is 1. The van der Waals surface area contributed by atoms with Gasteiger partial charge in [0.05, 0.1) is 0 Å². The van der Waals surface area contributed by atoms with E-state index < -0.39 is 0 Å². The molecule has 4 rings (SSSR count). The Morgan fingerprint density at radius 2 is 1.88 bits per heavy atom. The lowest BCUT2D eigenvalue weighted by Gasteiger charge is -2.31. The molecule has 3 aromatic rings. The largest absolute Gasteiger partial charge is 0.347 e. The predicted molar refractivity (Wildman–Crippen MR) is 96.5 cm³/mol. The number of hydrogen-bond acceptors (Lipinski definition) is 5. The van der Waals surface area contributed by atoms with Crippen LogP contribution in [0.2, 0.25) is 0 Å². The van der Waals surface area contributed by atoms with E-state index in [2.05, 4.69) is 26.3 Å². The summed E-state index contributed by atoms with van der Waals surface area (Å²) in [6.45, 7) is 1.97. The molecule has 1 aliphatic heterocycles. The number of hydrogen-bond donors (Lipinski definition) is 0. The highest BCUT2D eigenvalue weighted by atomic mass is 32.1. The van der Waals surface area contributed by atoms with Gasteiger partial charge in [-0.05, 0) is 36.6 Å². The smallest absolute Gasteiger partial charge is 0.208 e. The van der Waals surface area contributed by atoms with Crippen molar-refractivity contribution in [1.29, 1.82) is 0 Å². The molecule has 0 atom stereocenters. The lowest BCUT2D eigenvalue weighted by atomic mass is 9.94. The third kappa shape index (κ3) is 3.56. The molecule has 5 nitrogen and oxygen atoms in total. The standard InChI is InChI=1S/C18H20FN5S/c1-23-16(6-9-20-23)14-7-10-24(11-8-14)18-22-21-17(25-18)12-13-2-4-15(19)5-3-13/h2-6,9,14H,7-8,10-12H2,1H3. The zero-order valence-electron chi connectivity index (χ0n) is 14.1. The van der Waals surface area contributed by atoms with Gasteiger partial charge < -0.3 is 4.90 Å². The highest BCUT2D eigenvalue weighted by molar-refractivity contribution is 7.15. The average molecular weight is 357 g/mol. The zero-order valence-corrected chi connectivity index (χ0v) is 14.9. The zero-order chi connectivity index (χ0) is 17.2. The third-order valence-corrected chi connectivity index (χ3v) is 5.75. The fraction of sp³-hybridized carbons (Fsp3) is 0.389. The molecule has 0 bridgehead atoms. The number of benzene rings is 1. The number of anilines is 1. The van der Waals surface area contributed by atoms with E-state index in [1.54, 1.807) is 23.5 Å². The molecule has 130 valence electrons. The summed E-state index contributed by atoms with van der Waals surface area (Å²) in [5.41, 5.74) is 2.37. The van der Waals surface area contributed by atoms with Gasteiger partial charge in [-0.1, -0.05) is 23.5 Å². The van der Waals surface area contributed by atoms with E-state index in [9.17, 15) is 4.39 Å². The van der Waals surface area contributed by atoms with Gasteiger partial charge in [-0.3, -0.25) is 4.68 Å². The summed E-state index contributed by atoms with van der Waals surface area (Å²) >= 11 is 1.63. The summed E-state index contributed by atoms with van der Waals surface area (Å²) in [6.07, 6.45) is 4.77. The maximum atomic E-state index is 13.0. The van der Waals surface area contributed by atoms with Crippen molar-refractivity contribution in [3.05, 3.63) is 58.6 Å². The Bertz CT molecular complexity index is 833. The van der Waals surface area contributed by atoms with Crippen LogP contribution in [0.25, 0.3) is 0 Å². The van der Waals surface area contributed by atoms with Gasteiger partial charge in [0.25, 0.3) is 0 Å². The molecule has 0 aliphatic carbocycles. The number of aromatic nitrogens is 4. The first-order chi connectivity index (χ1) is 12.2. The topological polar surface area (TPSA) is 46.8 Å². The predicted octanol–water partition coefficient (Wildman–Crippen LogP) is 3.39. The molecule has 25 heavy (non-hydrogen) atoms. The van der Waals surface area contributed by atoms with Crippen molar-refractivity contribution < 1.29 is 4.39 Å². The van der Waals surface area contributed by atoms with E-state index in [1.165, 1.54) is 17.8 Å². The van der Waals surface area contributed by atoms with Crippen molar-refractivity contribution in [1.82, 2.24) is 20.0 Å². The summed E-state index contributed by atoms with van der Waals surface area (Å²) in [4.78, 5) is 2.32. The van der Waals surface area contributed by atoms with Gasteiger partial charge in [0.1, 0.15) is 10.8 Å². The van der Waals surface area contributed by atoms with Crippen LogP contribution < -0.4 is 4.90 Å². The van der Waals surface area contributed by atoms with Gasteiger partial charge in [-0.15, -0.1) is 10.2 Å². The summed E-state index contributed by atoms with van der Waals surface area (Å²) in [7, 11) is 2.01. The van der Waals surface area contributed by atoms with Crippen molar-refractivity contribution in [3.63, 3.8) is 0 Å². The van der Waals surface area contributed by atoms with Crippen molar-refractivity contribution in [2.75, 3.05) is 18.0 Å². The van der Waals surface area contributed by atoms with E-state index in [1.807, 2.05) is 17.9 Å². The van der Waals surface area contributed by atoms with Crippen LogP contribution >= 0.6 is 11.3 Å². The Morgan fingerprint density at radius 1 is 1.12 bits per heavy atom. The summed E-state index contributed by atoms with van der Waals surface area (Å²) in [5, 5.41) is 14.9. The highest BCUT2D eigenvalue weighted by Crippen LogP contribution is 2.31. The van der Waals surface area contributed by atoms with E-state index in [4.69, 9.17) is 0 Å². The molecule has 0 spiro atoms. The van der Waals surface area contributed by atoms with Crippen molar-refractivity contribution in [3.8, 4) is 0 Å². The van der Waals surface area contributed by atoms with Crippen molar-refractivity contribution in [2.45, 2.75) is 25.2 Å². The molecule has 7 heteroatoms. The number of halogens is 1. The van der Waals surface area contributed by atoms with Crippen LogP contribution in [0, 0.1) is 5.82 Å². The fourth-order valence-corrected chi connectivity index (χ4v) is 4.30. The van der Waals surface area contributed by atoms with Crippen LogP contribution in [0.4, 0.5) is 9.52 Å². The number of piperidine rings is 1. The minimum absolute atomic E-state index is 0.210. The maximum absolute atomic E-state index is 13.0. The molecular weight excluding hydrogens is 337 g/mol. The molecule has 1 aromatic carbocycles. The number of nitrogens with zero attached hydrogens (tertiary/aromatic N) is 5. The molecule has 1 aliphatic rings. The van der Waals surface area contributed by atoms with Crippen LogP contribution in [0.5, 0.6) is 0 Å². The van der Waals surface area contributed by atoms with Crippen molar-refractivity contribution >= 4 is 16.5 Å². The SMILES string of the molecule is Cn1nccc1C1CCN(c2nnc(Cc3ccc(F)cc3)s2)CC1. The molecule has 0 radical (unpaired) electrons. The quantitative estimate of drug-likeness (QED) is 0.718. The second kappa shape index (κ2) is 6.92. The molecule has 1 saturated heterocycles. The van der Waals surface area contributed by atoms with Gasteiger partial charge in [0.2, 0.25) is 5.13 Å². The molecule has 0 saturated carbocycles. The lowest BCUT2D eigenvalue weighted by molar-refractivity contribution is 0.476. The van der Waals surface area contributed by atoms with Crippen LogP contribution in [0.1, 0.15) is 35.0 Å². The van der Waals surface area contributed by atoms with Crippen molar-refractivity contribution in [2.24, 2.45) is 7.05 Å².